The minimum Gasteiger partial charge on any atom is -0.345 e. The predicted octanol–water partition coefficient (Wildman–Crippen LogP) is 4.92. The fourth-order valence-electron chi connectivity index (χ4n) is 3.76. The lowest BCUT2D eigenvalue weighted by atomic mass is 10.1. The molecule has 0 unspecified atom stereocenters. The summed E-state index contributed by atoms with van der Waals surface area (Å²) in [6, 6.07) is 9.94. The number of ketones is 1. The number of Topliss-reactive ketones (excluding diaryl/α,β-unsaturated/α-hetero) is 1. The maximum absolute atomic E-state index is 13.2. The number of fused-ring (bicyclic) bond motifs is 1. The van der Waals surface area contributed by atoms with Gasteiger partial charge in [0.2, 0.25) is 0 Å². The van der Waals surface area contributed by atoms with Crippen LogP contribution >= 0.6 is 11.3 Å². The summed E-state index contributed by atoms with van der Waals surface area (Å²) in [4.78, 5) is 31.4. The first-order chi connectivity index (χ1) is 14.4. The van der Waals surface area contributed by atoms with E-state index in [2.05, 4.69) is 11.6 Å². The third kappa shape index (κ3) is 3.44. The first-order valence-electron chi connectivity index (χ1n) is 9.75. The standard InChI is InChI=1S/C24H23N3O2S/c1-5-10-27-16(3)11-19(17(27)4)21(28)12-26-14-25-23-22(24(26)29)20(13-30-23)18-8-6-15(2)7-9-18/h5-9,11,13-14H,1,10,12H2,2-4H3. The Hall–Kier alpha value is -3.25. The van der Waals surface area contributed by atoms with Gasteiger partial charge in [-0.2, -0.15) is 0 Å². The van der Waals surface area contributed by atoms with Crippen molar-refractivity contribution in [1.82, 2.24) is 14.1 Å². The Balaban J connectivity index is 1.73. The molecular formula is C24H23N3O2S. The monoisotopic (exact) mass is 417 g/mol. The van der Waals surface area contributed by atoms with Gasteiger partial charge < -0.3 is 4.57 Å². The average Bonchev–Trinajstić information content (AvgIpc) is 3.28. The van der Waals surface area contributed by atoms with E-state index in [1.165, 1.54) is 22.2 Å². The summed E-state index contributed by atoms with van der Waals surface area (Å²) in [5, 5.41) is 2.52. The molecule has 4 aromatic rings. The van der Waals surface area contributed by atoms with Crippen LogP contribution in [-0.4, -0.2) is 19.9 Å². The number of rotatable bonds is 6. The third-order valence-electron chi connectivity index (χ3n) is 5.42. The highest BCUT2D eigenvalue weighted by Crippen LogP contribution is 2.30. The summed E-state index contributed by atoms with van der Waals surface area (Å²) < 4.78 is 3.45. The van der Waals surface area contributed by atoms with Crippen LogP contribution in [0.15, 0.2) is 59.5 Å². The lowest BCUT2D eigenvalue weighted by molar-refractivity contribution is 0.0970. The molecule has 0 aliphatic heterocycles. The molecule has 5 nitrogen and oxygen atoms in total. The van der Waals surface area contributed by atoms with Crippen molar-refractivity contribution in [2.75, 3.05) is 0 Å². The Kier molecular flexibility index (Phi) is 5.26. The summed E-state index contributed by atoms with van der Waals surface area (Å²) in [6.07, 6.45) is 3.28. The van der Waals surface area contributed by atoms with Crippen molar-refractivity contribution in [2.24, 2.45) is 0 Å². The SMILES string of the molecule is C=CCn1c(C)cc(C(=O)Cn2cnc3scc(-c4ccc(C)cc4)c3c2=O)c1C. The normalized spacial score (nSPS) is 11.2. The van der Waals surface area contributed by atoms with Gasteiger partial charge in [-0.15, -0.1) is 17.9 Å². The van der Waals surface area contributed by atoms with E-state index in [0.29, 0.717) is 22.3 Å². The molecule has 0 fully saturated rings. The highest BCUT2D eigenvalue weighted by Gasteiger charge is 2.18. The van der Waals surface area contributed by atoms with Crippen LogP contribution in [0.3, 0.4) is 0 Å². The maximum Gasteiger partial charge on any atom is 0.263 e. The van der Waals surface area contributed by atoms with Gasteiger partial charge in [0.1, 0.15) is 4.83 Å². The second-order valence-corrected chi connectivity index (χ2v) is 8.34. The summed E-state index contributed by atoms with van der Waals surface area (Å²) in [6.45, 7) is 10.3. The molecule has 0 N–H and O–H groups in total. The van der Waals surface area contributed by atoms with Gasteiger partial charge in [0.25, 0.3) is 5.56 Å². The van der Waals surface area contributed by atoms with Gasteiger partial charge in [-0.25, -0.2) is 4.98 Å². The zero-order valence-corrected chi connectivity index (χ0v) is 18.1. The molecule has 1 aromatic carbocycles. The molecule has 0 saturated carbocycles. The molecule has 30 heavy (non-hydrogen) atoms. The summed E-state index contributed by atoms with van der Waals surface area (Å²) in [5.41, 5.74) is 5.32. The molecule has 0 amide bonds. The number of aromatic nitrogens is 3. The van der Waals surface area contributed by atoms with Gasteiger partial charge in [0.05, 0.1) is 18.3 Å². The molecule has 3 aromatic heterocycles. The molecule has 4 rings (SSSR count). The largest absolute Gasteiger partial charge is 0.345 e. The Bertz CT molecular complexity index is 1320. The molecule has 0 aliphatic carbocycles. The fourth-order valence-corrected chi connectivity index (χ4v) is 4.67. The molecule has 0 atom stereocenters. The van der Waals surface area contributed by atoms with Crippen LogP contribution in [0, 0.1) is 20.8 Å². The van der Waals surface area contributed by atoms with Gasteiger partial charge in [0.15, 0.2) is 5.78 Å². The van der Waals surface area contributed by atoms with Crippen molar-refractivity contribution in [2.45, 2.75) is 33.9 Å². The smallest absolute Gasteiger partial charge is 0.263 e. The van der Waals surface area contributed by atoms with Crippen LogP contribution in [-0.2, 0) is 13.1 Å². The summed E-state index contributed by atoms with van der Waals surface area (Å²) in [5.74, 6) is -0.103. The quantitative estimate of drug-likeness (QED) is 0.330. The Morgan fingerprint density at radius 3 is 2.63 bits per heavy atom. The van der Waals surface area contributed by atoms with Crippen LogP contribution in [0.4, 0.5) is 0 Å². The van der Waals surface area contributed by atoms with E-state index >= 15 is 0 Å². The highest BCUT2D eigenvalue weighted by molar-refractivity contribution is 7.17. The number of thiophene rings is 1. The minimum absolute atomic E-state index is 0.0384. The minimum atomic E-state index is -0.190. The van der Waals surface area contributed by atoms with E-state index < -0.39 is 0 Å². The molecule has 3 heterocycles. The molecule has 0 radical (unpaired) electrons. The van der Waals surface area contributed by atoms with E-state index in [0.717, 1.165) is 28.1 Å². The Morgan fingerprint density at radius 1 is 1.20 bits per heavy atom. The summed E-state index contributed by atoms with van der Waals surface area (Å²) in [7, 11) is 0. The predicted molar refractivity (Wildman–Crippen MR) is 122 cm³/mol. The lowest BCUT2D eigenvalue weighted by Gasteiger charge is -2.08. The van der Waals surface area contributed by atoms with Crippen molar-refractivity contribution >= 4 is 27.3 Å². The number of nitrogens with zero attached hydrogens (tertiary/aromatic N) is 3. The third-order valence-corrected chi connectivity index (χ3v) is 6.31. The van der Waals surface area contributed by atoms with Gasteiger partial charge in [0, 0.05) is 34.4 Å². The van der Waals surface area contributed by atoms with Gasteiger partial charge in [-0.3, -0.25) is 14.2 Å². The number of carbonyl (C=O) groups is 1. The van der Waals surface area contributed by atoms with E-state index in [4.69, 9.17) is 0 Å². The molecular weight excluding hydrogens is 394 g/mol. The first kappa shape index (κ1) is 20.0. The van der Waals surface area contributed by atoms with E-state index in [9.17, 15) is 9.59 Å². The van der Waals surface area contributed by atoms with Crippen molar-refractivity contribution in [3.63, 3.8) is 0 Å². The molecule has 6 heteroatoms. The Morgan fingerprint density at radius 2 is 1.93 bits per heavy atom. The van der Waals surface area contributed by atoms with E-state index in [1.54, 1.807) is 6.08 Å². The van der Waals surface area contributed by atoms with Crippen LogP contribution in [0.2, 0.25) is 0 Å². The highest BCUT2D eigenvalue weighted by atomic mass is 32.1. The topological polar surface area (TPSA) is 56.9 Å². The first-order valence-corrected chi connectivity index (χ1v) is 10.6. The van der Waals surface area contributed by atoms with Gasteiger partial charge >= 0.3 is 0 Å². The van der Waals surface area contributed by atoms with Crippen molar-refractivity contribution < 1.29 is 4.79 Å². The molecule has 0 saturated heterocycles. The number of aryl methyl sites for hydroxylation is 2. The van der Waals surface area contributed by atoms with Crippen molar-refractivity contribution in [1.29, 1.82) is 0 Å². The Labute approximate surface area is 178 Å². The van der Waals surface area contributed by atoms with Crippen molar-refractivity contribution in [3.05, 3.63) is 87.6 Å². The lowest BCUT2D eigenvalue weighted by Crippen LogP contribution is -2.24. The summed E-state index contributed by atoms with van der Waals surface area (Å²) >= 11 is 1.44. The van der Waals surface area contributed by atoms with Crippen LogP contribution < -0.4 is 5.56 Å². The van der Waals surface area contributed by atoms with Crippen LogP contribution in [0.5, 0.6) is 0 Å². The average molecular weight is 418 g/mol. The molecule has 0 aliphatic rings. The number of benzene rings is 1. The second kappa shape index (κ2) is 7.88. The zero-order chi connectivity index (χ0) is 21.4. The number of carbonyl (C=O) groups excluding carboxylic acids is 1. The number of hydrogen-bond acceptors (Lipinski definition) is 4. The van der Waals surface area contributed by atoms with E-state index in [-0.39, 0.29) is 17.9 Å². The van der Waals surface area contributed by atoms with Crippen molar-refractivity contribution in [3.8, 4) is 11.1 Å². The molecule has 0 spiro atoms. The van der Waals surface area contributed by atoms with E-state index in [1.807, 2.05) is 61.1 Å². The number of allylic oxidation sites excluding steroid dienone is 1. The van der Waals surface area contributed by atoms with Gasteiger partial charge in [-0.05, 0) is 32.4 Å². The zero-order valence-electron chi connectivity index (χ0n) is 17.3. The fraction of sp³-hybridized carbons (Fsp3) is 0.208. The number of hydrogen-bond donors (Lipinski definition) is 0. The molecule has 0 bridgehead atoms. The maximum atomic E-state index is 13.2. The van der Waals surface area contributed by atoms with Crippen LogP contribution in [0.25, 0.3) is 21.3 Å². The van der Waals surface area contributed by atoms with Crippen LogP contribution in [0.1, 0.15) is 27.3 Å². The second-order valence-electron chi connectivity index (χ2n) is 7.48. The van der Waals surface area contributed by atoms with Gasteiger partial charge in [-0.1, -0.05) is 35.9 Å². The molecule has 152 valence electrons.